The van der Waals surface area contributed by atoms with E-state index in [2.05, 4.69) is 17.9 Å². The summed E-state index contributed by atoms with van der Waals surface area (Å²) in [6, 6.07) is 13.6. The Hall–Kier alpha value is -2.49. The second kappa shape index (κ2) is 5.72. The zero-order valence-corrected chi connectivity index (χ0v) is 13.0. The van der Waals surface area contributed by atoms with Crippen molar-refractivity contribution in [2.75, 3.05) is 35.2 Å². The zero-order valence-electron chi connectivity index (χ0n) is 13.0. The van der Waals surface area contributed by atoms with E-state index in [-0.39, 0.29) is 5.91 Å². The minimum Gasteiger partial charge on any atom is -0.399 e. The molecule has 0 bridgehead atoms. The highest BCUT2D eigenvalue weighted by atomic mass is 16.2. The molecule has 0 radical (unpaired) electrons. The van der Waals surface area contributed by atoms with Crippen LogP contribution >= 0.6 is 0 Å². The Morgan fingerprint density at radius 3 is 2.59 bits per heavy atom. The molecule has 4 nitrogen and oxygen atoms in total. The number of amides is 1. The average molecular weight is 295 g/mol. The first-order chi connectivity index (χ1) is 10.6. The number of hydrogen-bond acceptors (Lipinski definition) is 3. The smallest absolute Gasteiger partial charge is 0.258 e. The highest BCUT2D eigenvalue weighted by molar-refractivity contribution is 6.09. The van der Waals surface area contributed by atoms with Gasteiger partial charge in [-0.05, 0) is 43.7 Å². The number of para-hydroxylation sites is 2. The number of anilines is 3. The Morgan fingerprint density at radius 1 is 1.14 bits per heavy atom. The van der Waals surface area contributed by atoms with Crippen molar-refractivity contribution in [2.45, 2.75) is 13.8 Å². The normalized spacial score (nSPS) is 13.9. The fraction of sp³-hybridized carbons (Fsp3) is 0.278. The average Bonchev–Trinajstić information content (AvgIpc) is 2.55. The summed E-state index contributed by atoms with van der Waals surface area (Å²) < 4.78 is 0. The molecule has 0 aliphatic carbocycles. The molecular weight excluding hydrogens is 274 g/mol. The summed E-state index contributed by atoms with van der Waals surface area (Å²) in [4.78, 5) is 17.1. The Balaban J connectivity index is 2.02. The molecule has 0 unspecified atom stereocenters. The van der Waals surface area contributed by atoms with E-state index >= 15 is 0 Å². The van der Waals surface area contributed by atoms with E-state index in [0.29, 0.717) is 17.8 Å². The zero-order chi connectivity index (χ0) is 15.7. The molecule has 1 aliphatic heterocycles. The van der Waals surface area contributed by atoms with E-state index in [1.54, 1.807) is 6.07 Å². The lowest BCUT2D eigenvalue weighted by Gasteiger charge is -2.37. The predicted octanol–water partition coefficient (Wildman–Crippen LogP) is 3.06. The predicted molar refractivity (Wildman–Crippen MR) is 91.6 cm³/mol. The van der Waals surface area contributed by atoms with Crippen LogP contribution in [0.1, 0.15) is 22.8 Å². The maximum absolute atomic E-state index is 13.0. The molecule has 0 saturated heterocycles. The second-order valence-electron chi connectivity index (χ2n) is 5.60. The van der Waals surface area contributed by atoms with E-state index in [0.717, 1.165) is 30.0 Å². The summed E-state index contributed by atoms with van der Waals surface area (Å²) in [5.74, 6) is 0.0213. The largest absolute Gasteiger partial charge is 0.399 e. The Morgan fingerprint density at radius 2 is 1.86 bits per heavy atom. The van der Waals surface area contributed by atoms with E-state index in [4.69, 9.17) is 5.73 Å². The molecular formula is C18H21N3O. The summed E-state index contributed by atoms with van der Waals surface area (Å²) in [7, 11) is 0. The molecule has 2 aromatic rings. The molecule has 1 amide bonds. The fourth-order valence-electron chi connectivity index (χ4n) is 2.98. The first-order valence-corrected chi connectivity index (χ1v) is 7.63. The number of nitrogens with two attached hydrogens (primary N) is 1. The minimum absolute atomic E-state index is 0.0213. The lowest BCUT2D eigenvalue weighted by atomic mass is 10.0. The van der Waals surface area contributed by atoms with Crippen LogP contribution in [-0.2, 0) is 0 Å². The number of carbonyl (C=O) groups excluding carboxylic acids is 1. The number of aryl methyl sites for hydroxylation is 1. The van der Waals surface area contributed by atoms with Gasteiger partial charge in [0, 0.05) is 30.9 Å². The van der Waals surface area contributed by atoms with Gasteiger partial charge in [-0.1, -0.05) is 18.2 Å². The quantitative estimate of drug-likeness (QED) is 0.866. The van der Waals surface area contributed by atoms with Gasteiger partial charge in [0.25, 0.3) is 5.91 Å². The van der Waals surface area contributed by atoms with Crippen LogP contribution in [0.15, 0.2) is 42.5 Å². The van der Waals surface area contributed by atoms with Crippen LogP contribution in [-0.4, -0.2) is 25.5 Å². The monoisotopic (exact) mass is 295 g/mol. The van der Waals surface area contributed by atoms with Gasteiger partial charge in [0.2, 0.25) is 0 Å². The van der Waals surface area contributed by atoms with E-state index in [1.807, 2.05) is 42.2 Å². The number of nitrogen functional groups attached to an aromatic ring is 1. The van der Waals surface area contributed by atoms with Crippen molar-refractivity contribution in [3.8, 4) is 0 Å². The lowest BCUT2D eigenvalue weighted by Crippen LogP contribution is -2.44. The van der Waals surface area contributed by atoms with Gasteiger partial charge >= 0.3 is 0 Å². The van der Waals surface area contributed by atoms with Crippen LogP contribution in [0.3, 0.4) is 0 Å². The molecule has 0 atom stereocenters. The summed E-state index contributed by atoms with van der Waals surface area (Å²) in [5.41, 5.74) is 10.2. The molecule has 0 fully saturated rings. The molecule has 3 rings (SSSR count). The van der Waals surface area contributed by atoms with Crippen LogP contribution in [0.5, 0.6) is 0 Å². The highest BCUT2D eigenvalue weighted by Gasteiger charge is 2.27. The van der Waals surface area contributed by atoms with Gasteiger partial charge in [-0.3, -0.25) is 4.79 Å². The molecule has 22 heavy (non-hydrogen) atoms. The highest BCUT2D eigenvalue weighted by Crippen LogP contribution is 2.33. The van der Waals surface area contributed by atoms with Gasteiger partial charge < -0.3 is 15.5 Å². The van der Waals surface area contributed by atoms with Crippen molar-refractivity contribution in [1.82, 2.24) is 0 Å². The molecule has 1 aliphatic rings. The third-order valence-corrected chi connectivity index (χ3v) is 4.23. The molecule has 1 heterocycles. The summed E-state index contributed by atoms with van der Waals surface area (Å²) >= 11 is 0. The van der Waals surface area contributed by atoms with Gasteiger partial charge in [0.1, 0.15) is 0 Å². The number of fused-ring (bicyclic) bond motifs is 1. The molecule has 114 valence electrons. The van der Waals surface area contributed by atoms with Crippen molar-refractivity contribution in [3.63, 3.8) is 0 Å². The second-order valence-corrected chi connectivity index (χ2v) is 5.60. The van der Waals surface area contributed by atoms with E-state index in [1.165, 1.54) is 0 Å². The number of nitrogens with zero attached hydrogens (tertiary/aromatic N) is 2. The SMILES string of the molecule is CCN1CCN(C(=O)c2cc(N)ccc2C)c2ccccc21. The minimum atomic E-state index is 0.0213. The van der Waals surface area contributed by atoms with Crippen LogP contribution in [0.2, 0.25) is 0 Å². The number of carbonyl (C=O) groups is 1. The Bertz CT molecular complexity index is 711. The third kappa shape index (κ3) is 2.41. The number of likely N-dealkylation sites (N-methyl/N-ethyl adjacent to an activating group) is 1. The molecule has 2 N–H and O–H groups in total. The van der Waals surface area contributed by atoms with Gasteiger partial charge in [-0.2, -0.15) is 0 Å². The first-order valence-electron chi connectivity index (χ1n) is 7.63. The molecule has 0 saturated carbocycles. The van der Waals surface area contributed by atoms with E-state index in [9.17, 15) is 4.79 Å². The summed E-state index contributed by atoms with van der Waals surface area (Å²) in [6.45, 7) is 6.56. The maximum Gasteiger partial charge on any atom is 0.258 e. The van der Waals surface area contributed by atoms with Crippen LogP contribution in [0.25, 0.3) is 0 Å². The van der Waals surface area contributed by atoms with Crippen LogP contribution < -0.4 is 15.5 Å². The number of hydrogen-bond donors (Lipinski definition) is 1. The van der Waals surface area contributed by atoms with Crippen molar-refractivity contribution < 1.29 is 4.79 Å². The first kappa shape index (κ1) is 14.4. The topological polar surface area (TPSA) is 49.6 Å². The lowest BCUT2D eigenvalue weighted by molar-refractivity contribution is 0.0986. The maximum atomic E-state index is 13.0. The van der Waals surface area contributed by atoms with Crippen molar-refractivity contribution >= 4 is 23.0 Å². The molecule has 2 aromatic carbocycles. The van der Waals surface area contributed by atoms with E-state index < -0.39 is 0 Å². The molecule has 0 spiro atoms. The molecule has 4 heteroatoms. The summed E-state index contributed by atoms with van der Waals surface area (Å²) in [6.07, 6.45) is 0. The van der Waals surface area contributed by atoms with Gasteiger partial charge in [-0.25, -0.2) is 0 Å². The summed E-state index contributed by atoms with van der Waals surface area (Å²) in [5, 5.41) is 0. The standard InChI is InChI=1S/C18H21N3O/c1-3-20-10-11-21(17-7-5-4-6-16(17)20)18(22)15-12-14(19)9-8-13(15)2/h4-9,12H,3,10-11,19H2,1-2H3. The third-order valence-electron chi connectivity index (χ3n) is 4.23. The van der Waals surface area contributed by atoms with Crippen LogP contribution in [0, 0.1) is 6.92 Å². The number of benzene rings is 2. The fourth-order valence-corrected chi connectivity index (χ4v) is 2.98. The van der Waals surface area contributed by atoms with Crippen LogP contribution in [0.4, 0.5) is 17.1 Å². The Kier molecular flexibility index (Phi) is 3.75. The van der Waals surface area contributed by atoms with Crippen molar-refractivity contribution in [1.29, 1.82) is 0 Å². The molecule has 0 aromatic heterocycles. The number of rotatable bonds is 2. The van der Waals surface area contributed by atoms with Gasteiger partial charge in [0.15, 0.2) is 0 Å². The van der Waals surface area contributed by atoms with Gasteiger partial charge in [0.05, 0.1) is 11.4 Å². The van der Waals surface area contributed by atoms with Crippen molar-refractivity contribution in [2.24, 2.45) is 0 Å². The Labute approximate surface area is 131 Å². The van der Waals surface area contributed by atoms with Crippen molar-refractivity contribution in [3.05, 3.63) is 53.6 Å². The van der Waals surface area contributed by atoms with Gasteiger partial charge in [-0.15, -0.1) is 0 Å².